The minimum absolute atomic E-state index is 0.183. The van der Waals surface area contributed by atoms with Gasteiger partial charge in [0, 0.05) is 25.2 Å². The van der Waals surface area contributed by atoms with Crippen LogP contribution in [0.3, 0.4) is 0 Å². The van der Waals surface area contributed by atoms with Gasteiger partial charge in [-0.3, -0.25) is 0 Å². The molecule has 0 aliphatic carbocycles. The molecule has 0 amide bonds. The molecular weight excluding hydrogens is 320 g/mol. The Kier molecular flexibility index (Phi) is 5.84. The molecule has 1 atom stereocenters. The molecule has 0 aliphatic heterocycles. The van der Waals surface area contributed by atoms with Gasteiger partial charge in [-0.05, 0) is 31.9 Å². The van der Waals surface area contributed by atoms with E-state index < -0.39 is 0 Å². The summed E-state index contributed by atoms with van der Waals surface area (Å²) >= 11 is 0. The lowest BCUT2D eigenvalue weighted by Gasteiger charge is -2.23. The van der Waals surface area contributed by atoms with E-state index in [0.717, 1.165) is 30.5 Å². The Labute approximate surface area is 155 Å². The highest BCUT2D eigenvalue weighted by Gasteiger charge is 2.12. The fourth-order valence-corrected chi connectivity index (χ4v) is 2.99. The van der Waals surface area contributed by atoms with Crippen LogP contribution < -0.4 is 10.2 Å². The van der Waals surface area contributed by atoms with Crippen molar-refractivity contribution in [2.24, 2.45) is 0 Å². The molecule has 2 aromatic carbocycles. The summed E-state index contributed by atoms with van der Waals surface area (Å²) in [4.78, 5) is 11.5. The van der Waals surface area contributed by atoms with Gasteiger partial charge in [0.25, 0.3) is 0 Å². The van der Waals surface area contributed by atoms with Crippen molar-refractivity contribution in [2.45, 2.75) is 33.4 Å². The summed E-state index contributed by atoms with van der Waals surface area (Å²) in [6.45, 7) is 7.97. The van der Waals surface area contributed by atoms with E-state index in [1.165, 1.54) is 11.1 Å². The van der Waals surface area contributed by atoms with Gasteiger partial charge in [-0.25, -0.2) is 9.97 Å². The number of nitrogens with zero attached hydrogens (tertiary/aromatic N) is 3. The second-order valence-electron chi connectivity index (χ2n) is 6.44. The Morgan fingerprint density at radius 2 is 1.62 bits per heavy atom. The highest BCUT2D eigenvalue weighted by Crippen LogP contribution is 2.22. The monoisotopic (exact) mass is 346 g/mol. The molecule has 0 bridgehead atoms. The molecule has 26 heavy (non-hydrogen) atoms. The third kappa shape index (κ3) is 4.60. The molecule has 3 aromatic rings. The maximum Gasteiger partial charge on any atom is 0.134 e. The van der Waals surface area contributed by atoms with Gasteiger partial charge in [0.05, 0.1) is 0 Å². The summed E-state index contributed by atoms with van der Waals surface area (Å²) in [6.07, 6.45) is 0. The molecule has 4 heteroatoms. The second-order valence-corrected chi connectivity index (χ2v) is 6.44. The van der Waals surface area contributed by atoms with E-state index in [0.29, 0.717) is 0 Å². The van der Waals surface area contributed by atoms with Crippen LogP contribution in [0.4, 0.5) is 11.6 Å². The van der Waals surface area contributed by atoms with Gasteiger partial charge in [-0.15, -0.1) is 0 Å². The van der Waals surface area contributed by atoms with Crippen LogP contribution >= 0.6 is 0 Å². The van der Waals surface area contributed by atoms with Crippen molar-refractivity contribution < 1.29 is 0 Å². The predicted molar refractivity (Wildman–Crippen MR) is 108 cm³/mol. The van der Waals surface area contributed by atoms with Crippen LogP contribution in [0.15, 0.2) is 66.7 Å². The Balaban J connectivity index is 1.80. The lowest BCUT2D eigenvalue weighted by molar-refractivity contribution is 0.800. The third-order valence-electron chi connectivity index (χ3n) is 4.41. The summed E-state index contributed by atoms with van der Waals surface area (Å²) in [6, 6.07) is 23.1. The minimum Gasteiger partial charge on any atom is -0.363 e. The third-order valence-corrected chi connectivity index (χ3v) is 4.41. The van der Waals surface area contributed by atoms with Gasteiger partial charge in [0.15, 0.2) is 0 Å². The molecule has 0 radical (unpaired) electrons. The summed E-state index contributed by atoms with van der Waals surface area (Å²) in [5, 5.41) is 3.50. The molecule has 0 aliphatic rings. The fraction of sp³-hybridized carbons (Fsp3) is 0.273. The number of anilines is 2. The van der Waals surface area contributed by atoms with E-state index >= 15 is 0 Å². The van der Waals surface area contributed by atoms with Gasteiger partial charge in [-0.1, -0.05) is 60.7 Å². The largest absolute Gasteiger partial charge is 0.363 e. The highest BCUT2D eigenvalue weighted by atomic mass is 15.2. The maximum absolute atomic E-state index is 4.66. The average molecular weight is 346 g/mol. The van der Waals surface area contributed by atoms with E-state index in [1.54, 1.807) is 0 Å². The van der Waals surface area contributed by atoms with Gasteiger partial charge in [-0.2, -0.15) is 0 Å². The van der Waals surface area contributed by atoms with Gasteiger partial charge in [0.2, 0.25) is 0 Å². The van der Waals surface area contributed by atoms with E-state index in [9.17, 15) is 0 Å². The number of hydrogen-bond donors (Lipinski definition) is 1. The fourth-order valence-electron chi connectivity index (χ4n) is 2.99. The summed E-state index contributed by atoms with van der Waals surface area (Å²) in [5.74, 6) is 2.58. The van der Waals surface area contributed by atoms with Gasteiger partial charge < -0.3 is 10.2 Å². The molecule has 4 nitrogen and oxygen atoms in total. The van der Waals surface area contributed by atoms with Crippen LogP contribution in [-0.2, 0) is 6.54 Å². The van der Waals surface area contributed by atoms with Crippen LogP contribution in [0.2, 0.25) is 0 Å². The van der Waals surface area contributed by atoms with Crippen molar-refractivity contribution in [1.82, 2.24) is 9.97 Å². The molecule has 0 fully saturated rings. The van der Waals surface area contributed by atoms with Crippen LogP contribution in [0.25, 0.3) is 0 Å². The lowest BCUT2D eigenvalue weighted by atomic mass is 10.1. The zero-order valence-electron chi connectivity index (χ0n) is 15.7. The number of benzene rings is 2. The summed E-state index contributed by atoms with van der Waals surface area (Å²) in [7, 11) is 0. The minimum atomic E-state index is 0.183. The van der Waals surface area contributed by atoms with Crippen molar-refractivity contribution in [2.75, 3.05) is 16.8 Å². The molecular formula is C22H26N4. The Morgan fingerprint density at radius 1 is 0.962 bits per heavy atom. The molecule has 0 spiro atoms. The summed E-state index contributed by atoms with van der Waals surface area (Å²) in [5.41, 5.74) is 2.51. The van der Waals surface area contributed by atoms with Gasteiger partial charge >= 0.3 is 0 Å². The van der Waals surface area contributed by atoms with Crippen molar-refractivity contribution in [3.05, 3.63) is 83.7 Å². The van der Waals surface area contributed by atoms with Gasteiger partial charge in [0.1, 0.15) is 17.5 Å². The first-order valence-corrected chi connectivity index (χ1v) is 9.11. The first-order chi connectivity index (χ1) is 12.7. The highest BCUT2D eigenvalue weighted by molar-refractivity contribution is 5.50. The normalized spacial score (nSPS) is 11.8. The molecule has 1 aromatic heterocycles. The van der Waals surface area contributed by atoms with Crippen molar-refractivity contribution >= 4 is 11.6 Å². The smallest absolute Gasteiger partial charge is 0.134 e. The van der Waals surface area contributed by atoms with E-state index in [2.05, 4.69) is 82.6 Å². The van der Waals surface area contributed by atoms with E-state index in [4.69, 9.17) is 0 Å². The first kappa shape index (κ1) is 17.9. The standard InChI is InChI=1S/C22H26N4/c1-4-26(16-19-11-7-5-8-12-19)22-15-21(24-18(3)25-22)23-17(2)20-13-9-6-10-14-20/h5-15,17H,4,16H2,1-3H3,(H,23,24,25). The zero-order valence-corrected chi connectivity index (χ0v) is 15.7. The Hall–Kier alpha value is -2.88. The van der Waals surface area contributed by atoms with E-state index in [1.807, 2.05) is 25.1 Å². The van der Waals surface area contributed by atoms with E-state index in [-0.39, 0.29) is 6.04 Å². The van der Waals surface area contributed by atoms with Crippen LogP contribution in [0, 0.1) is 6.92 Å². The number of aromatic nitrogens is 2. The Morgan fingerprint density at radius 3 is 2.27 bits per heavy atom. The average Bonchev–Trinajstić information content (AvgIpc) is 2.67. The molecule has 3 rings (SSSR count). The van der Waals surface area contributed by atoms with Crippen molar-refractivity contribution in [3.63, 3.8) is 0 Å². The van der Waals surface area contributed by atoms with Crippen molar-refractivity contribution in [1.29, 1.82) is 0 Å². The second kappa shape index (κ2) is 8.48. The Bertz CT molecular complexity index is 818. The van der Waals surface area contributed by atoms with Crippen LogP contribution in [-0.4, -0.2) is 16.5 Å². The maximum atomic E-state index is 4.66. The molecule has 1 unspecified atom stereocenters. The quantitative estimate of drug-likeness (QED) is 0.655. The molecule has 1 N–H and O–H groups in total. The number of rotatable bonds is 7. The summed E-state index contributed by atoms with van der Waals surface area (Å²) < 4.78 is 0. The topological polar surface area (TPSA) is 41.0 Å². The van der Waals surface area contributed by atoms with Crippen LogP contribution in [0.1, 0.15) is 36.8 Å². The molecule has 1 heterocycles. The number of hydrogen-bond acceptors (Lipinski definition) is 4. The zero-order chi connectivity index (χ0) is 18.4. The molecule has 0 saturated carbocycles. The number of nitrogens with one attached hydrogen (secondary N) is 1. The molecule has 134 valence electrons. The lowest BCUT2D eigenvalue weighted by Crippen LogP contribution is -2.24. The van der Waals surface area contributed by atoms with Crippen LogP contribution in [0.5, 0.6) is 0 Å². The molecule has 0 saturated heterocycles. The SMILES string of the molecule is CCN(Cc1ccccc1)c1cc(NC(C)c2ccccc2)nc(C)n1. The number of aryl methyl sites for hydroxylation is 1. The first-order valence-electron chi connectivity index (χ1n) is 9.11. The van der Waals surface area contributed by atoms with Crippen molar-refractivity contribution in [3.8, 4) is 0 Å². The predicted octanol–water partition coefficient (Wildman–Crippen LogP) is 4.98.